The van der Waals surface area contributed by atoms with E-state index in [0.29, 0.717) is 30.0 Å². The van der Waals surface area contributed by atoms with Crippen LogP contribution < -0.4 is 4.74 Å². The highest BCUT2D eigenvalue weighted by Crippen LogP contribution is 2.40. The minimum Gasteiger partial charge on any atom is -0.496 e. The zero-order chi connectivity index (χ0) is 16.6. The van der Waals surface area contributed by atoms with E-state index in [1.165, 1.54) is 12.1 Å². The molecule has 23 heavy (non-hydrogen) atoms. The van der Waals surface area contributed by atoms with E-state index < -0.39 is 0 Å². The maximum Gasteiger partial charge on any atom is 0.222 e. The summed E-state index contributed by atoms with van der Waals surface area (Å²) in [5.74, 6) is 1.72. The van der Waals surface area contributed by atoms with Gasteiger partial charge in [-0.3, -0.25) is 9.69 Å². The van der Waals surface area contributed by atoms with Gasteiger partial charge in [0.2, 0.25) is 5.91 Å². The molecule has 0 bridgehead atoms. The molecule has 1 aromatic carbocycles. The van der Waals surface area contributed by atoms with E-state index in [0.717, 1.165) is 31.5 Å². The number of halogens is 1. The average molecular weight is 320 g/mol. The lowest BCUT2D eigenvalue weighted by Crippen LogP contribution is -2.39. The molecule has 1 amide bonds. The molecule has 3 rings (SSSR count). The Morgan fingerprint density at radius 3 is 2.83 bits per heavy atom. The van der Waals surface area contributed by atoms with Gasteiger partial charge in [-0.2, -0.15) is 0 Å². The summed E-state index contributed by atoms with van der Waals surface area (Å²) < 4.78 is 18.6. The second-order valence-corrected chi connectivity index (χ2v) is 7.00. The summed E-state index contributed by atoms with van der Waals surface area (Å²) in [5, 5.41) is 0. The highest BCUT2D eigenvalue weighted by Gasteiger charge is 2.41. The fraction of sp³-hybridized carbons (Fsp3) is 0.611. The lowest BCUT2D eigenvalue weighted by atomic mass is 9.88. The molecular formula is C18H25FN2O2. The molecule has 0 radical (unpaired) electrons. The fourth-order valence-electron chi connectivity index (χ4n) is 4.09. The Balaban J connectivity index is 1.66. The standard InChI is InChI=1S/C18H25FN2O2/c1-20(10-12-4-5-15(19)9-17(12)23-3)16-6-13-8-18(22)21(2)11-14(13)7-16/h4-5,9,13-14,16H,6-8,10-11H2,1-3H3/t13-,14+,16-/m1/s1. The predicted octanol–water partition coefficient (Wildman–Crippen LogP) is 2.52. The number of nitrogens with zero attached hydrogens (tertiary/aromatic N) is 2. The molecule has 1 saturated heterocycles. The molecule has 1 saturated carbocycles. The summed E-state index contributed by atoms with van der Waals surface area (Å²) in [4.78, 5) is 16.1. The Hall–Kier alpha value is -1.62. The first-order valence-corrected chi connectivity index (χ1v) is 8.24. The van der Waals surface area contributed by atoms with Crippen LogP contribution in [0.25, 0.3) is 0 Å². The van der Waals surface area contributed by atoms with Gasteiger partial charge in [-0.25, -0.2) is 4.39 Å². The van der Waals surface area contributed by atoms with Crippen molar-refractivity contribution in [3.05, 3.63) is 29.6 Å². The van der Waals surface area contributed by atoms with Crippen LogP contribution in [0.1, 0.15) is 24.8 Å². The summed E-state index contributed by atoms with van der Waals surface area (Å²) in [6.07, 6.45) is 2.89. The van der Waals surface area contributed by atoms with E-state index in [1.807, 2.05) is 11.9 Å². The van der Waals surface area contributed by atoms with Crippen molar-refractivity contribution >= 4 is 5.91 Å². The van der Waals surface area contributed by atoms with Gasteiger partial charge in [0.15, 0.2) is 0 Å². The number of hydrogen-bond acceptors (Lipinski definition) is 3. The van der Waals surface area contributed by atoms with E-state index in [9.17, 15) is 9.18 Å². The summed E-state index contributed by atoms with van der Waals surface area (Å²) in [7, 11) is 5.58. The summed E-state index contributed by atoms with van der Waals surface area (Å²) in [6, 6.07) is 5.18. The monoisotopic (exact) mass is 320 g/mol. The first-order chi connectivity index (χ1) is 11.0. The highest BCUT2D eigenvalue weighted by molar-refractivity contribution is 5.77. The maximum absolute atomic E-state index is 13.3. The van der Waals surface area contributed by atoms with Gasteiger partial charge in [0.05, 0.1) is 7.11 Å². The quantitative estimate of drug-likeness (QED) is 0.855. The molecule has 4 nitrogen and oxygen atoms in total. The minimum absolute atomic E-state index is 0.273. The molecule has 0 unspecified atom stereocenters. The van der Waals surface area contributed by atoms with Crippen molar-refractivity contribution in [1.29, 1.82) is 0 Å². The smallest absolute Gasteiger partial charge is 0.222 e. The number of amides is 1. The Morgan fingerprint density at radius 1 is 1.35 bits per heavy atom. The number of methoxy groups -OCH3 is 1. The average Bonchev–Trinajstić information content (AvgIpc) is 2.92. The van der Waals surface area contributed by atoms with Gasteiger partial charge in [0.1, 0.15) is 11.6 Å². The molecule has 1 aromatic rings. The molecule has 0 N–H and O–H groups in total. The Labute approximate surface area is 137 Å². The van der Waals surface area contributed by atoms with Gasteiger partial charge in [-0.15, -0.1) is 0 Å². The lowest BCUT2D eigenvalue weighted by Gasteiger charge is -2.31. The second kappa shape index (κ2) is 6.48. The molecule has 5 heteroatoms. The van der Waals surface area contributed by atoms with Gasteiger partial charge in [0, 0.05) is 44.2 Å². The number of benzene rings is 1. The summed E-state index contributed by atoms with van der Waals surface area (Å²) >= 11 is 0. The Morgan fingerprint density at radius 2 is 2.09 bits per heavy atom. The second-order valence-electron chi connectivity index (χ2n) is 7.00. The van der Waals surface area contributed by atoms with Gasteiger partial charge in [-0.05, 0) is 37.8 Å². The van der Waals surface area contributed by atoms with Gasteiger partial charge >= 0.3 is 0 Å². The maximum atomic E-state index is 13.3. The first kappa shape index (κ1) is 16.2. The number of carbonyl (C=O) groups is 1. The third-order valence-corrected chi connectivity index (χ3v) is 5.48. The molecule has 3 atom stereocenters. The van der Waals surface area contributed by atoms with E-state index in [2.05, 4.69) is 11.9 Å². The number of fused-ring (bicyclic) bond motifs is 1. The molecule has 0 aromatic heterocycles. The third-order valence-electron chi connectivity index (χ3n) is 5.48. The number of carbonyl (C=O) groups excluding carboxylic acids is 1. The predicted molar refractivity (Wildman–Crippen MR) is 86.7 cm³/mol. The van der Waals surface area contributed by atoms with Crippen molar-refractivity contribution in [2.45, 2.75) is 31.8 Å². The zero-order valence-electron chi connectivity index (χ0n) is 14.1. The van der Waals surface area contributed by atoms with Crippen molar-refractivity contribution in [3.8, 4) is 5.75 Å². The van der Waals surface area contributed by atoms with Crippen LogP contribution in [0.2, 0.25) is 0 Å². The number of ether oxygens (including phenoxy) is 1. The molecule has 0 spiro atoms. The molecule has 2 fully saturated rings. The number of rotatable bonds is 4. The van der Waals surface area contributed by atoms with E-state index in [1.54, 1.807) is 13.2 Å². The molecular weight excluding hydrogens is 295 g/mol. The van der Waals surface area contributed by atoms with Crippen molar-refractivity contribution in [1.82, 2.24) is 9.80 Å². The van der Waals surface area contributed by atoms with Crippen LogP contribution in [-0.2, 0) is 11.3 Å². The lowest BCUT2D eigenvalue weighted by molar-refractivity contribution is -0.134. The molecule has 1 aliphatic carbocycles. The van der Waals surface area contributed by atoms with Crippen LogP contribution in [0, 0.1) is 17.7 Å². The largest absolute Gasteiger partial charge is 0.496 e. The third kappa shape index (κ3) is 3.34. The van der Waals surface area contributed by atoms with Crippen molar-refractivity contribution in [2.75, 3.05) is 27.7 Å². The van der Waals surface area contributed by atoms with Crippen LogP contribution in [-0.4, -0.2) is 49.5 Å². The van der Waals surface area contributed by atoms with Gasteiger partial charge in [-0.1, -0.05) is 6.07 Å². The van der Waals surface area contributed by atoms with Crippen LogP contribution in [0.4, 0.5) is 4.39 Å². The van der Waals surface area contributed by atoms with E-state index in [-0.39, 0.29) is 11.7 Å². The Bertz CT molecular complexity index is 592. The van der Waals surface area contributed by atoms with Crippen LogP contribution in [0.3, 0.4) is 0 Å². The fourth-order valence-corrected chi connectivity index (χ4v) is 4.09. The normalized spacial score (nSPS) is 27.4. The molecule has 1 heterocycles. The van der Waals surface area contributed by atoms with Crippen molar-refractivity contribution in [3.63, 3.8) is 0 Å². The summed E-state index contributed by atoms with van der Waals surface area (Å²) in [5.41, 5.74) is 1.000. The Kier molecular flexibility index (Phi) is 4.57. The van der Waals surface area contributed by atoms with Gasteiger partial charge in [0.25, 0.3) is 0 Å². The molecule has 126 valence electrons. The first-order valence-electron chi connectivity index (χ1n) is 8.24. The zero-order valence-corrected chi connectivity index (χ0v) is 14.1. The van der Waals surface area contributed by atoms with Crippen LogP contribution in [0.15, 0.2) is 18.2 Å². The molecule has 2 aliphatic rings. The number of likely N-dealkylation sites (tertiary alicyclic amines) is 1. The van der Waals surface area contributed by atoms with E-state index in [4.69, 9.17) is 4.74 Å². The molecule has 1 aliphatic heterocycles. The number of hydrogen-bond donors (Lipinski definition) is 0. The number of piperidine rings is 1. The van der Waals surface area contributed by atoms with Gasteiger partial charge < -0.3 is 9.64 Å². The minimum atomic E-state index is -0.276. The van der Waals surface area contributed by atoms with Crippen LogP contribution in [0.5, 0.6) is 5.75 Å². The van der Waals surface area contributed by atoms with Crippen molar-refractivity contribution < 1.29 is 13.9 Å². The van der Waals surface area contributed by atoms with E-state index >= 15 is 0 Å². The topological polar surface area (TPSA) is 32.8 Å². The van der Waals surface area contributed by atoms with Crippen LogP contribution >= 0.6 is 0 Å². The van der Waals surface area contributed by atoms with Crippen molar-refractivity contribution in [2.24, 2.45) is 11.8 Å². The SMILES string of the molecule is COc1cc(F)ccc1CN(C)[C@@H]1C[C@@H]2CC(=O)N(C)C[C@@H]2C1. The highest BCUT2D eigenvalue weighted by atomic mass is 19.1. The summed E-state index contributed by atoms with van der Waals surface area (Å²) in [6.45, 7) is 1.62.